The molecule has 0 heterocycles. The lowest BCUT2D eigenvalue weighted by atomic mass is 9.73. The third-order valence-corrected chi connectivity index (χ3v) is 3.23. The van der Waals surface area contributed by atoms with E-state index in [1.165, 1.54) is 0 Å². The molecule has 0 aliphatic heterocycles. The number of carboxylic acid groups (broad SMARTS) is 2. The first-order chi connectivity index (χ1) is 9.21. The maximum Gasteiger partial charge on any atom is 0.332 e. The smallest absolute Gasteiger partial charge is 0.332 e. The minimum Gasteiger partial charge on any atom is -0.478 e. The molecule has 4 heteroatoms. The topological polar surface area (TPSA) is 74.6 Å². The normalized spacial score (nSPS) is 13.8. The largest absolute Gasteiger partial charge is 0.478 e. The van der Waals surface area contributed by atoms with Crippen LogP contribution in [-0.2, 0) is 16.0 Å². The molecule has 0 bridgehead atoms. The Balaban J connectivity index is 3.18. The lowest BCUT2D eigenvalue weighted by molar-refractivity contribution is -0.136. The SMILES string of the molecule is CC(C)(C)C(Cc1ccccc1)/C(=C\C(=O)O)C(=O)O. The van der Waals surface area contributed by atoms with Crippen LogP contribution in [0.2, 0.25) is 0 Å². The van der Waals surface area contributed by atoms with E-state index in [1.807, 2.05) is 51.1 Å². The second kappa shape index (κ2) is 6.37. The third kappa shape index (κ3) is 4.53. The monoisotopic (exact) mass is 276 g/mol. The summed E-state index contributed by atoms with van der Waals surface area (Å²) in [4.78, 5) is 22.2. The lowest BCUT2D eigenvalue weighted by Crippen LogP contribution is -2.28. The van der Waals surface area contributed by atoms with Gasteiger partial charge in [0.15, 0.2) is 0 Å². The molecule has 1 unspecified atom stereocenters. The number of hydrogen-bond donors (Lipinski definition) is 2. The molecule has 0 aliphatic rings. The van der Waals surface area contributed by atoms with Crippen LogP contribution in [0.1, 0.15) is 26.3 Å². The van der Waals surface area contributed by atoms with Crippen molar-refractivity contribution in [2.45, 2.75) is 27.2 Å². The standard InChI is InChI=1S/C16H20O4/c1-16(2,3)13(9-11-7-5-4-6-8-11)12(15(19)20)10-14(17)18/h4-8,10,13H,9H2,1-3H3,(H,17,18)(H,19,20)/b12-10+. The molecule has 0 radical (unpaired) electrons. The van der Waals surface area contributed by atoms with E-state index >= 15 is 0 Å². The summed E-state index contributed by atoms with van der Waals surface area (Å²) in [6.45, 7) is 5.75. The van der Waals surface area contributed by atoms with E-state index in [1.54, 1.807) is 0 Å². The van der Waals surface area contributed by atoms with Crippen LogP contribution in [0.5, 0.6) is 0 Å². The van der Waals surface area contributed by atoms with Gasteiger partial charge in [-0.15, -0.1) is 0 Å². The quantitative estimate of drug-likeness (QED) is 0.811. The van der Waals surface area contributed by atoms with Crippen molar-refractivity contribution in [1.29, 1.82) is 0 Å². The van der Waals surface area contributed by atoms with Crippen molar-refractivity contribution in [2.75, 3.05) is 0 Å². The van der Waals surface area contributed by atoms with Crippen molar-refractivity contribution in [1.82, 2.24) is 0 Å². The predicted molar refractivity (Wildman–Crippen MR) is 76.4 cm³/mol. The van der Waals surface area contributed by atoms with Crippen LogP contribution in [-0.4, -0.2) is 22.2 Å². The fraction of sp³-hybridized carbons (Fsp3) is 0.375. The molecule has 1 aromatic carbocycles. The van der Waals surface area contributed by atoms with E-state index in [9.17, 15) is 14.7 Å². The highest BCUT2D eigenvalue weighted by Gasteiger charge is 2.32. The van der Waals surface area contributed by atoms with Gasteiger partial charge >= 0.3 is 11.9 Å². The third-order valence-electron chi connectivity index (χ3n) is 3.23. The maximum atomic E-state index is 11.4. The summed E-state index contributed by atoms with van der Waals surface area (Å²) in [5.41, 5.74) is 0.578. The number of carbonyl (C=O) groups is 2. The van der Waals surface area contributed by atoms with E-state index in [2.05, 4.69) is 0 Å². The van der Waals surface area contributed by atoms with Gasteiger partial charge in [0.1, 0.15) is 0 Å². The molecule has 0 saturated carbocycles. The van der Waals surface area contributed by atoms with Crippen molar-refractivity contribution < 1.29 is 19.8 Å². The number of carboxylic acids is 2. The molecule has 108 valence electrons. The van der Waals surface area contributed by atoms with Crippen LogP contribution in [0.15, 0.2) is 42.0 Å². The van der Waals surface area contributed by atoms with E-state index in [0.29, 0.717) is 6.42 Å². The van der Waals surface area contributed by atoms with Crippen molar-refractivity contribution in [2.24, 2.45) is 11.3 Å². The van der Waals surface area contributed by atoms with Crippen molar-refractivity contribution in [3.8, 4) is 0 Å². The molecule has 0 spiro atoms. The number of hydrogen-bond acceptors (Lipinski definition) is 2. The minimum absolute atomic E-state index is 0.0612. The van der Waals surface area contributed by atoms with Gasteiger partial charge in [0, 0.05) is 17.6 Å². The first-order valence-electron chi connectivity index (χ1n) is 6.43. The van der Waals surface area contributed by atoms with Crippen molar-refractivity contribution in [3.63, 3.8) is 0 Å². The van der Waals surface area contributed by atoms with Crippen LogP contribution in [0.25, 0.3) is 0 Å². The molecule has 1 rings (SSSR count). The van der Waals surface area contributed by atoms with Gasteiger partial charge in [0.25, 0.3) is 0 Å². The first kappa shape index (κ1) is 16.0. The molecule has 0 amide bonds. The Morgan fingerprint density at radius 2 is 1.70 bits per heavy atom. The van der Waals surface area contributed by atoms with E-state index in [4.69, 9.17) is 5.11 Å². The zero-order valence-electron chi connectivity index (χ0n) is 12.0. The van der Waals surface area contributed by atoms with Gasteiger partial charge in [-0.05, 0) is 17.4 Å². The Morgan fingerprint density at radius 1 is 1.15 bits per heavy atom. The highest BCUT2D eigenvalue weighted by atomic mass is 16.4. The Morgan fingerprint density at radius 3 is 2.10 bits per heavy atom. The highest BCUT2D eigenvalue weighted by molar-refractivity contribution is 5.95. The second-order valence-electron chi connectivity index (χ2n) is 5.85. The van der Waals surface area contributed by atoms with E-state index in [-0.39, 0.29) is 16.9 Å². The minimum atomic E-state index is -1.23. The summed E-state index contributed by atoms with van der Waals surface area (Å²) in [5, 5.41) is 18.2. The van der Waals surface area contributed by atoms with Gasteiger partial charge in [0.2, 0.25) is 0 Å². The summed E-state index contributed by atoms with van der Waals surface area (Å²) < 4.78 is 0. The maximum absolute atomic E-state index is 11.4. The lowest BCUT2D eigenvalue weighted by Gasteiger charge is -2.31. The summed E-state index contributed by atoms with van der Waals surface area (Å²) >= 11 is 0. The van der Waals surface area contributed by atoms with E-state index < -0.39 is 11.9 Å². The molecule has 0 saturated heterocycles. The summed E-state index contributed by atoms with van der Waals surface area (Å²) in [5.74, 6) is -2.79. The van der Waals surface area contributed by atoms with Gasteiger partial charge in [-0.2, -0.15) is 0 Å². The Labute approximate surface area is 118 Å². The molecule has 0 aliphatic carbocycles. The Bertz CT molecular complexity index is 509. The number of aliphatic carboxylic acids is 2. The van der Waals surface area contributed by atoms with Crippen molar-refractivity contribution >= 4 is 11.9 Å². The molecular formula is C16H20O4. The van der Waals surface area contributed by atoms with Gasteiger partial charge in [-0.25, -0.2) is 9.59 Å². The van der Waals surface area contributed by atoms with Crippen LogP contribution < -0.4 is 0 Å². The van der Waals surface area contributed by atoms with Gasteiger partial charge in [-0.1, -0.05) is 51.1 Å². The van der Waals surface area contributed by atoms with Crippen LogP contribution in [0, 0.1) is 11.3 Å². The zero-order chi connectivity index (χ0) is 15.3. The average Bonchev–Trinajstić information content (AvgIpc) is 2.33. The van der Waals surface area contributed by atoms with Crippen LogP contribution in [0.3, 0.4) is 0 Å². The molecule has 1 aromatic rings. The Kier molecular flexibility index (Phi) is 5.08. The fourth-order valence-corrected chi connectivity index (χ4v) is 2.18. The molecule has 0 fully saturated rings. The fourth-order valence-electron chi connectivity index (χ4n) is 2.18. The molecule has 20 heavy (non-hydrogen) atoms. The van der Waals surface area contributed by atoms with Crippen LogP contribution >= 0.6 is 0 Å². The van der Waals surface area contributed by atoms with Crippen molar-refractivity contribution in [3.05, 3.63) is 47.5 Å². The van der Waals surface area contributed by atoms with Gasteiger partial charge in [0.05, 0.1) is 0 Å². The first-order valence-corrected chi connectivity index (χ1v) is 6.43. The van der Waals surface area contributed by atoms with Gasteiger partial charge in [-0.3, -0.25) is 0 Å². The summed E-state index contributed by atoms with van der Waals surface area (Å²) in [6.07, 6.45) is 1.30. The predicted octanol–water partition coefficient (Wildman–Crippen LogP) is 2.99. The summed E-state index contributed by atoms with van der Waals surface area (Å²) in [7, 11) is 0. The molecule has 4 nitrogen and oxygen atoms in total. The second-order valence-corrected chi connectivity index (χ2v) is 5.85. The van der Waals surface area contributed by atoms with Gasteiger partial charge < -0.3 is 10.2 Å². The Hall–Kier alpha value is -2.10. The molecule has 0 aromatic heterocycles. The molecule has 1 atom stereocenters. The molecule has 2 N–H and O–H groups in total. The number of rotatable bonds is 5. The van der Waals surface area contributed by atoms with Crippen LogP contribution in [0.4, 0.5) is 0 Å². The molecular weight excluding hydrogens is 256 g/mol. The average molecular weight is 276 g/mol. The highest BCUT2D eigenvalue weighted by Crippen LogP contribution is 2.35. The van der Waals surface area contributed by atoms with E-state index in [0.717, 1.165) is 11.6 Å². The number of benzene rings is 1. The summed E-state index contributed by atoms with van der Waals surface area (Å²) in [6, 6.07) is 9.49. The zero-order valence-corrected chi connectivity index (χ0v) is 12.0.